The van der Waals surface area contributed by atoms with Crippen molar-refractivity contribution >= 4 is 54.8 Å². The number of thiophene rings is 1. The van der Waals surface area contributed by atoms with E-state index in [2.05, 4.69) is 37.2 Å². The third kappa shape index (κ3) is 3.91. The smallest absolute Gasteiger partial charge is 0.265 e. The molecule has 0 atom stereocenters. The van der Waals surface area contributed by atoms with Crippen molar-refractivity contribution in [3.63, 3.8) is 0 Å². The summed E-state index contributed by atoms with van der Waals surface area (Å²) in [5.41, 5.74) is 1.90. The highest BCUT2D eigenvalue weighted by atomic mass is 79.9. The molecule has 106 valence electrons. The van der Waals surface area contributed by atoms with Crippen LogP contribution in [0.1, 0.15) is 15.2 Å². The molecule has 2 rings (SSSR count). The van der Waals surface area contributed by atoms with Gasteiger partial charge in [-0.25, -0.2) is 0 Å². The number of anilines is 1. The monoisotopic (exact) mass is 417 g/mol. The second-order valence-electron chi connectivity index (χ2n) is 4.09. The van der Waals surface area contributed by atoms with Gasteiger partial charge < -0.3 is 10.1 Å². The SMILES string of the molecule is COCCc1ccccc1NC(=O)c1cc(Br)c(Br)s1. The third-order valence-electron chi connectivity index (χ3n) is 2.71. The minimum atomic E-state index is -0.105. The van der Waals surface area contributed by atoms with Crippen molar-refractivity contribution in [3.05, 3.63) is 49.0 Å². The highest BCUT2D eigenvalue weighted by Crippen LogP contribution is 2.32. The van der Waals surface area contributed by atoms with Crippen LogP contribution in [0, 0.1) is 0 Å². The van der Waals surface area contributed by atoms with E-state index in [1.54, 1.807) is 7.11 Å². The normalized spacial score (nSPS) is 10.6. The van der Waals surface area contributed by atoms with Crippen molar-refractivity contribution in [2.75, 3.05) is 19.0 Å². The van der Waals surface area contributed by atoms with Gasteiger partial charge in [-0.1, -0.05) is 18.2 Å². The zero-order valence-electron chi connectivity index (χ0n) is 10.8. The molecule has 0 fully saturated rings. The van der Waals surface area contributed by atoms with Gasteiger partial charge in [0.15, 0.2) is 0 Å². The standard InChI is InChI=1S/C14H13Br2NO2S/c1-19-7-6-9-4-2-3-5-11(9)17-14(18)12-8-10(15)13(16)20-12/h2-5,8H,6-7H2,1H3,(H,17,18). The first-order chi connectivity index (χ1) is 9.61. The number of nitrogens with one attached hydrogen (secondary N) is 1. The van der Waals surface area contributed by atoms with Gasteiger partial charge in [0.05, 0.1) is 15.3 Å². The van der Waals surface area contributed by atoms with E-state index < -0.39 is 0 Å². The Morgan fingerprint density at radius 2 is 2.10 bits per heavy atom. The maximum atomic E-state index is 12.2. The van der Waals surface area contributed by atoms with Gasteiger partial charge in [-0.15, -0.1) is 11.3 Å². The van der Waals surface area contributed by atoms with Crippen LogP contribution in [0.2, 0.25) is 0 Å². The van der Waals surface area contributed by atoms with Gasteiger partial charge in [0.25, 0.3) is 5.91 Å². The number of benzene rings is 1. The average Bonchev–Trinajstić information content (AvgIpc) is 2.78. The number of ether oxygens (including phenoxy) is 1. The Labute approximate surface area is 138 Å². The molecule has 0 bridgehead atoms. The Balaban J connectivity index is 2.15. The van der Waals surface area contributed by atoms with Gasteiger partial charge in [0.1, 0.15) is 0 Å². The lowest BCUT2D eigenvalue weighted by Crippen LogP contribution is -2.12. The van der Waals surface area contributed by atoms with Crippen molar-refractivity contribution in [3.8, 4) is 0 Å². The first kappa shape index (κ1) is 15.7. The van der Waals surface area contributed by atoms with Crippen LogP contribution >= 0.6 is 43.2 Å². The molecule has 0 aliphatic carbocycles. The molecule has 20 heavy (non-hydrogen) atoms. The molecule has 0 radical (unpaired) electrons. The predicted octanol–water partition coefficient (Wildman–Crippen LogP) is 4.71. The van der Waals surface area contributed by atoms with Gasteiger partial charge in [-0.2, -0.15) is 0 Å². The van der Waals surface area contributed by atoms with Gasteiger partial charge in [0.2, 0.25) is 0 Å². The van der Waals surface area contributed by atoms with E-state index in [9.17, 15) is 4.79 Å². The molecule has 1 heterocycles. The fourth-order valence-electron chi connectivity index (χ4n) is 1.71. The van der Waals surface area contributed by atoms with Gasteiger partial charge in [-0.05, 0) is 56.0 Å². The summed E-state index contributed by atoms with van der Waals surface area (Å²) in [6, 6.07) is 9.57. The Morgan fingerprint density at radius 1 is 1.35 bits per heavy atom. The van der Waals surface area contributed by atoms with Gasteiger partial charge in [0, 0.05) is 17.3 Å². The lowest BCUT2D eigenvalue weighted by atomic mass is 10.1. The van der Waals surface area contributed by atoms with E-state index >= 15 is 0 Å². The Hall–Kier alpha value is -0.690. The summed E-state index contributed by atoms with van der Waals surface area (Å²) in [5, 5.41) is 2.95. The Bertz CT molecular complexity index is 593. The van der Waals surface area contributed by atoms with Crippen LogP contribution in [0.5, 0.6) is 0 Å². The van der Waals surface area contributed by atoms with E-state index in [-0.39, 0.29) is 5.91 Å². The lowest BCUT2D eigenvalue weighted by Gasteiger charge is -2.10. The molecule has 0 spiro atoms. The number of para-hydroxylation sites is 1. The number of carbonyl (C=O) groups excluding carboxylic acids is 1. The summed E-state index contributed by atoms with van der Waals surface area (Å²) in [4.78, 5) is 12.9. The molecule has 0 aliphatic heterocycles. The molecule has 0 saturated heterocycles. The second-order valence-corrected chi connectivity index (χ2v) is 7.31. The van der Waals surface area contributed by atoms with Crippen molar-refractivity contribution in [1.82, 2.24) is 0 Å². The zero-order chi connectivity index (χ0) is 14.5. The summed E-state index contributed by atoms with van der Waals surface area (Å²) >= 11 is 8.18. The van der Waals surface area contributed by atoms with Crippen molar-refractivity contribution in [2.45, 2.75) is 6.42 Å². The van der Waals surface area contributed by atoms with Gasteiger partial charge >= 0.3 is 0 Å². The van der Waals surface area contributed by atoms with Crippen molar-refractivity contribution < 1.29 is 9.53 Å². The van der Waals surface area contributed by atoms with Crippen LogP contribution in [-0.4, -0.2) is 19.6 Å². The quantitative estimate of drug-likeness (QED) is 0.763. The molecule has 0 aliphatic rings. The van der Waals surface area contributed by atoms with E-state index in [1.807, 2.05) is 30.3 Å². The van der Waals surface area contributed by atoms with E-state index in [0.717, 1.165) is 25.9 Å². The maximum Gasteiger partial charge on any atom is 0.265 e. The summed E-state index contributed by atoms with van der Waals surface area (Å²) < 4.78 is 6.89. The van der Waals surface area contributed by atoms with Crippen molar-refractivity contribution in [2.24, 2.45) is 0 Å². The topological polar surface area (TPSA) is 38.3 Å². The van der Waals surface area contributed by atoms with Gasteiger partial charge in [-0.3, -0.25) is 4.79 Å². The second kappa shape index (κ2) is 7.36. The molecule has 3 nitrogen and oxygen atoms in total. The first-order valence-corrected chi connectivity index (χ1v) is 8.35. The molecule has 6 heteroatoms. The van der Waals surface area contributed by atoms with Crippen LogP contribution in [0.3, 0.4) is 0 Å². The van der Waals surface area contributed by atoms with Crippen LogP contribution in [0.15, 0.2) is 38.6 Å². The molecular weight excluding hydrogens is 406 g/mol. The number of rotatable bonds is 5. The molecule has 1 aromatic carbocycles. The fourth-order valence-corrected chi connectivity index (χ4v) is 3.65. The number of halogens is 2. The molecule has 2 aromatic rings. The number of methoxy groups -OCH3 is 1. The zero-order valence-corrected chi connectivity index (χ0v) is 14.8. The fraction of sp³-hybridized carbons (Fsp3) is 0.214. The number of hydrogen-bond acceptors (Lipinski definition) is 3. The Kier molecular flexibility index (Phi) is 5.77. The summed E-state index contributed by atoms with van der Waals surface area (Å²) in [7, 11) is 1.67. The number of amides is 1. The highest BCUT2D eigenvalue weighted by molar-refractivity contribution is 9.13. The van der Waals surface area contributed by atoms with Crippen LogP contribution < -0.4 is 5.32 Å². The Morgan fingerprint density at radius 3 is 2.75 bits per heavy atom. The molecule has 1 N–H and O–H groups in total. The highest BCUT2D eigenvalue weighted by Gasteiger charge is 2.13. The van der Waals surface area contributed by atoms with E-state index in [4.69, 9.17) is 4.74 Å². The molecule has 0 saturated carbocycles. The lowest BCUT2D eigenvalue weighted by molar-refractivity contribution is 0.103. The summed E-state index contributed by atoms with van der Waals surface area (Å²) in [6.07, 6.45) is 0.769. The van der Waals surface area contributed by atoms with Crippen LogP contribution in [0.25, 0.3) is 0 Å². The first-order valence-electron chi connectivity index (χ1n) is 5.95. The van der Waals surface area contributed by atoms with E-state index in [1.165, 1.54) is 11.3 Å². The van der Waals surface area contributed by atoms with Crippen LogP contribution in [-0.2, 0) is 11.2 Å². The predicted molar refractivity (Wildman–Crippen MR) is 89.7 cm³/mol. The molecular formula is C14H13Br2NO2S. The van der Waals surface area contributed by atoms with Crippen molar-refractivity contribution in [1.29, 1.82) is 0 Å². The molecule has 0 unspecified atom stereocenters. The minimum Gasteiger partial charge on any atom is -0.384 e. The average molecular weight is 419 g/mol. The van der Waals surface area contributed by atoms with Crippen LogP contribution in [0.4, 0.5) is 5.69 Å². The molecule has 1 aromatic heterocycles. The number of carbonyl (C=O) groups is 1. The minimum absolute atomic E-state index is 0.105. The summed E-state index contributed by atoms with van der Waals surface area (Å²) in [5.74, 6) is -0.105. The largest absolute Gasteiger partial charge is 0.384 e. The maximum absolute atomic E-state index is 12.2. The number of hydrogen-bond donors (Lipinski definition) is 1. The molecule has 1 amide bonds. The van der Waals surface area contributed by atoms with E-state index in [0.29, 0.717) is 11.5 Å². The summed E-state index contributed by atoms with van der Waals surface area (Å²) in [6.45, 7) is 0.628. The third-order valence-corrected chi connectivity index (χ3v) is 5.97.